The molecule has 0 saturated carbocycles. The number of anilines is 1. The van der Waals surface area contributed by atoms with Gasteiger partial charge in [-0.25, -0.2) is 4.79 Å². The molecule has 0 aromatic heterocycles. The third-order valence-electron chi connectivity index (χ3n) is 5.14. The van der Waals surface area contributed by atoms with Crippen molar-refractivity contribution in [3.63, 3.8) is 0 Å². The fourth-order valence-corrected chi connectivity index (χ4v) is 3.99. The number of carbonyl (C=O) groups is 2. The van der Waals surface area contributed by atoms with E-state index in [1.807, 2.05) is 76.9 Å². The molecule has 0 aliphatic carbocycles. The highest BCUT2D eigenvalue weighted by molar-refractivity contribution is 5.90. The summed E-state index contributed by atoms with van der Waals surface area (Å²) in [5.74, 6) is -1.65. The first-order valence-electron chi connectivity index (χ1n) is 8.72. The Bertz CT molecular complexity index is 880. The van der Waals surface area contributed by atoms with E-state index in [0.29, 0.717) is 0 Å². The van der Waals surface area contributed by atoms with Gasteiger partial charge in [-0.3, -0.25) is 14.8 Å². The standard InChI is InChI=1S/C21H20N2O4/c1-26-20(24)17-18-16-11-7-6-8-14(16)12-13-22(18)23(19(17)21(25)27-2)15-9-4-3-5-10-15/h3-13,17-19H,1-2H3/t17-,18+,19+/m0/s1. The molecule has 3 atom stereocenters. The second-order valence-corrected chi connectivity index (χ2v) is 6.47. The van der Waals surface area contributed by atoms with Gasteiger partial charge in [0.1, 0.15) is 5.92 Å². The maximum absolute atomic E-state index is 12.8. The molecule has 2 aromatic rings. The van der Waals surface area contributed by atoms with E-state index in [1.54, 1.807) is 0 Å². The molecule has 1 fully saturated rings. The van der Waals surface area contributed by atoms with Crippen LogP contribution < -0.4 is 5.01 Å². The highest BCUT2D eigenvalue weighted by atomic mass is 16.5. The zero-order chi connectivity index (χ0) is 19.0. The Morgan fingerprint density at radius 1 is 0.889 bits per heavy atom. The number of esters is 2. The van der Waals surface area contributed by atoms with E-state index < -0.39 is 23.9 Å². The molecule has 0 unspecified atom stereocenters. The van der Waals surface area contributed by atoms with Crippen molar-refractivity contribution in [3.05, 3.63) is 71.9 Å². The van der Waals surface area contributed by atoms with Crippen LogP contribution in [0.1, 0.15) is 17.2 Å². The highest BCUT2D eigenvalue weighted by Crippen LogP contribution is 2.47. The molecule has 0 spiro atoms. The maximum Gasteiger partial charge on any atom is 0.331 e. The molecule has 27 heavy (non-hydrogen) atoms. The Morgan fingerprint density at radius 3 is 2.26 bits per heavy atom. The number of benzene rings is 2. The van der Waals surface area contributed by atoms with Crippen LogP contribution in [0.2, 0.25) is 0 Å². The first-order chi connectivity index (χ1) is 13.2. The number of fused-ring (bicyclic) bond motifs is 3. The van der Waals surface area contributed by atoms with Crippen molar-refractivity contribution < 1.29 is 19.1 Å². The van der Waals surface area contributed by atoms with Crippen molar-refractivity contribution >= 4 is 23.7 Å². The minimum absolute atomic E-state index is 0.358. The zero-order valence-corrected chi connectivity index (χ0v) is 15.1. The fraction of sp³-hybridized carbons (Fsp3) is 0.238. The van der Waals surface area contributed by atoms with Crippen LogP contribution in [-0.2, 0) is 19.1 Å². The van der Waals surface area contributed by atoms with Crippen LogP contribution in [0, 0.1) is 5.92 Å². The molecule has 138 valence electrons. The van der Waals surface area contributed by atoms with Gasteiger partial charge in [-0.05, 0) is 29.3 Å². The summed E-state index contributed by atoms with van der Waals surface area (Å²) in [5, 5.41) is 3.76. The number of hydrogen-bond acceptors (Lipinski definition) is 6. The van der Waals surface area contributed by atoms with E-state index in [1.165, 1.54) is 14.2 Å². The fourth-order valence-electron chi connectivity index (χ4n) is 3.99. The molecule has 0 N–H and O–H groups in total. The maximum atomic E-state index is 12.8. The van der Waals surface area contributed by atoms with Crippen LogP contribution in [0.5, 0.6) is 0 Å². The molecule has 6 nitrogen and oxygen atoms in total. The van der Waals surface area contributed by atoms with E-state index in [-0.39, 0.29) is 6.04 Å². The van der Waals surface area contributed by atoms with E-state index in [9.17, 15) is 9.59 Å². The van der Waals surface area contributed by atoms with Gasteiger partial charge >= 0.3 is 11.9 Å². The molecular weight excluding hydrogens is 344 g/mol. The lowest BCUT2D eigenvalue weighted by molar-refractivity contribution is -0.153. The summed E-state index contributed by atoms with van der Waals surface area (Å²) in [4.78, 5) is 25.5. The third kappa shape index (κ3) is 2.65. The summed E-state index contributed by atoms with van der Waals surface area (Å²) in [6, 6.07) is 16.2. The van der Waals surface area contributed by atoms with Gasteiger partial charge in [-0.2, -0.15) is 0 Å². The summed E-state index contributed by atoms with van der Waals surface area (Å²) in [6.45, 7) is 0. The molecule has 2 aromatic carbocycles. The van der Waals surface area contributed by atoms with Crippen LogP contribution in [-0.4, -0.2) is 37.2 Å². The highest BCUT2D eigenvalue weighted by Gasteiger charge is 2.56. The summed E-state index contributed by atoms with van der Waals surface area (Å²) in [5.41, 5.74) is 2.79. The first-order valence-corrected chi connectivity index (χ1v) is 8.72. The van der Waals surface area contributed by atoms with Gasteiger partial charge < -0.3 is 9.47 Å². The quantitative estimate of drug-likeness (QED) is 0.781. The zero-order valence-electron chi connectivity index (χ0n) is 15.1. The van der Waals surface area contributed by atoms with Crippen molar-refractivity contribution in [3.8, 4) is 0 Å². The van der Waals surface area contributed by atoms with Crippen molar-refractivity contribution in [1.29, 1.82) is 0 Å². The van der Waals surface area contributed by atoms with Crippen LogP contribution in [0.15, 0.2) is 60.8 Å². The molecule has 6 heteroatoms. The van der Waals surface area contributed by atoms with Crippen LogP contribution in [0.4, 0.5) is 5.69 Å². The van der Waals surface area contributed by atoms with Gasteiger partial charge in [-0.1, -0.05) is 42.5 Å². The molecule has 0 radical (unpaired) electrons. The van der Waals surface area contributed by atoms with Gasteiger partial charge in [-0.15, -0.1) is 0 Å². The molecule has 4 rings (SSSR count). The average Bonchev–Trinajstić information content (AvgIpc) is 3.08. The van der Waals surface area contributed by atoms with Crippen molar-refractivity contribution in [2.24, 2.45) is 5.92 Å². The average molecular weight is 364 g/mol. The van der Waals surface area contributed by atoms with Gasteiger partial charge in [0.05, 0.1) is 25.9 Å². The predicted octanol–water partition coefficient (Wildman–Crippen LogP) is 2.78. The number of hydrogen-bond donors (Lipinski definition) is 0. The molecule has 0 amide bonds. The van der Waals surface area contributed by atoms with E-state index in [2.05, 4.69) is 0 Å². The Hall–Kier alpha value is -3.28. The number of rotatable bonds is 3. The lowest BCUT2D eigenvalue weighted by Gasteiger charge is -2.36. The molecule has 2 heterocycles. The van der Waals surface area contributed by atoms with Crippen molar-refractivity contribution in [2.45, 2.75) is 12.1 Å². The number of ether oxygens (including phenoxy) is 2. The van der Waals surface area contributed by atoms with Gasteiger partial charge in [0.2, 0.25) is 0 Å². The van der Waals surface area contributed by atoms with E-state index in [4.69, 9.17) is 9.47 Å². The smallest absolute Gasteiger partial charge is 0.331 e. The summed E-state index contributed by atoms with van der Waals surface area (Å²) in [6.07, 6.45) is 3.88. The molecular formula is C21H20N2O4. The number of para-hydroxylation sites is 1. The Balaban J connectivity index is 1.92. The summed E-state index contributed by atoms with van der Waals surface area (Å²) >= 11 is 0. The Morgan fingerprint density at radius 2 is 1.56 bits per heavy atom. The largest absolute Gasteiger partial charge is 0.469 e. The minimum atomic E-state index is -0.828. The Kier molecular flexibility index (Phi) is 4.32. The van der Waals surface area contributed by atoms with Crippen LogP contribution >= 0.6 is 0 Å². The SMILES string of the molecule is COC(=O)[C@H]1[C@H]2c3ccccc3C=CN2N(c2ccccc2)[C@H]1C(=O)OC. The van der Waals surface area contributed by atoms with E-state index in [0.717, 1.165) is 16.8 Å². The van der Waals surface area contributed by atoms with E-state index >= 15 is 0 Å². The topological polar surface area (TPSA) is 59.1 Å². The molecule has 1 saturated heterocycles. The van der Waals surface area contributed by atoms with Crippen LogP contribution in [0.3, 0.4) is 0 Å². The van der Waals surface area contributed by atoms with Crippen molar-refractivity contribution in [2.75, 3.05) is 19.2 Å². The minimum Gasteiger partial charge on any atom is -0.469 e. The Labute approximate surface area is 157 Å². The normalized spacial score (nSPS) is 22.8. The number of nitrogens with zero attached hydrogens (tertiary/aromatic N) is 2. The molecule has 2 aliphatic heterocycles. The summed E-state index contributed by atoms with van der Waals surface area (Å²) in [7, 11) is 2.68. The lowest BCUT2D eigenvalue weighted by atomic mass is 9.85. The molecule has 2 aliphatic rings. The third-order valence-corrected chi connectivity index (χ3v) is 5.14. The molecule has 0 bridgehead atoms. The van der Waals surface area contributed by atoms with Crippen LogP contribution in [0.25, 0.3) is 6.08 Å². The lowest BCUT2D eigenvalue weighted by Crippen LogP contribution is -2.46. The van der Waals surface area contributed by atoms with Gasteiger partial charge in [0.15, 0.2) is 6.04 Å². The first kappa shape index (κ1) is 17.1. The number of hydrazine groups is 1. The number of carbonyl (C=O) groups excluding carboxylic acids is 2. The summed E-state index contributed by atoms with van der Waals surface area (Å²) < 4.78 is 10.1. The van der Waals surface area contributed by atoms with Gasteiger partial charge in [0, 0.05) is 6.20 Å². The number of methoxy groups -OCH3 is 2. The monoisotopic (exact) mass is 364 g/mol. The van der Waals surface area contributed by atoms with Gasteiger partial charge in [0.25, 0.3) is 0 Å². The van der Waals surface area contributed by atoms with Crippen molar-refractivity contribution in [1.82, 2.24) is 5.01 Å². The predicted molar refractivity (Wildman–Crippen MR) is 100 cm³/mol. The second-order valence-electron chi connectivity index (χ2n) is 6.47. The second kappa shape index (κ2) is 6.79.